The first-order chi connectivity index (χ1) is 10.4. The molecule has 2 heterocycles. The number of aromatic nitrogens is 1. The van der Waals surface area contributed by atoms with E-state index in [1.54, 1.807) is 0 Å². The highest BCUT2D eigenvalue weighted by Crippen LogP contribution is 2.34. The Morgan fingerprint density at radius 3 is 2.62 bits per heavy atom. The summed E-state index contributed by atoms with van der Waals surface area (Å²) < 4.78 is 0. The van der Waals surface area contributed by atoms with Crippen LogP contribution in [0.4, 0.5) is 0 Å². The molecule has 2 fully saturated rings. The highest BCUT2D eigenvalue weighted by molar-refractivity contribution is 7.99. The number of nitrogens with zero attached hydrogens (tertiary/aromatic N) is 2. The molecule has 0 bridgehead atoms. The van der Waals surface area contributed by atoms with Crippen LogP contribution in [0.15, 0.2) is 23.4 Å². The molecule has 0 amide bonds. The largest absolute Gasteiger partial charge is 0.297 e. The van der Waals surface area contributed by atoms with Gasteiger partial charge in [-0.05, 0) is 50.4 Å². The van der Waals surface area contributed by atoms with Gasteiger partial charge < -0.3 is 0 Å². The zero-order chi connectivity index (χ0) is 14.5. The molecule has 0 spiro atoms. The Bertz CT molecular complexity index is 425. The average Bonchev–Trinajstić information content (AvgIpc) is 2.56. The molecule has 0 aromatic carbocycles. The van der Waals surface area contributed by atoms with Crippen molar-refractivity contribution in [3.63, 3.8) is 0 Å². The lowest BCUT2D eigenvalue weighted by molar-refractivity contribution is 0.157. The molecule has 1 saturated heterocycles. The molecule has 2 aliphatic rings. The summed E-state index contributed by atoms with van der Waals surface area (Å²) in [6, 6.07) is 5.19. The van der Waals surface area contributed by atoms with Crippen molar-refractivity contribution in [2.75, 3.05) is 13.1 Å². The van der Waals surface area contributed by atoms with Crippen LogP contribution < -0.4 is 0 Å². The topological polar surface area (TPSA) is 16.1 Å². The smallest absolute Gasteiger partial charge is 0.0962 e. The molecule has 1 aromatic rings. The van der Waals surface area contributed by atoms with Crippen molar-refractivity contribution in [1.29, 1.82) is 0 Å². The second kappa shape index (κ2) is 7.64. The van der Waals surface area contributed by atoms with Gasteiger partial charge in [-0.3, -0.25) is 4.90 Å². The first-order valence-corrected chi connectivity index (χ1v) is 9.61. The fourth-order valence-corrected chi connectivity index (χ4v) is 4.93. The molecule has 3 heteroatoms. The molecule has 21 heavy (non-hydrogen) atoms. The zero-order valence-corrected chi connectivity index (χ0v) is 14.1. The summed E-state index contributed by atoms with van der Waals surface area (Å²) >= 11 is 2.00. The van der Waals surface area contributed by atoms with Crippen molar-refractivity contribution >= 4 is 11.8 Å². The predicted octanol–water partition coefficient (Wildman–Crippen LogP) is 5.05. The van der Waals surface area contributed by atoms with Gasteiger partial charge in [0.05, 0.1) is 5.03 Å². The Hall–Kier alpha value is -0.540. The maximum Gasteiger partial charge on any atom is 0.0962 e. The Balaban J connectivity index is 1.62. The van der Waals surface area contributed by atoms with Crippen LogP contribution in [-0.4, -0.2) is 28.2 Å². The van der Waals surface area contributed by atoms with Gasteiger partial charge in [0.2, 0.25) is 0 Å². The minimum atomic E-state index is 0.602. The van der Waals surface area contributed by atoms with E-state index in [1.807, 2.05) is 11.8 Å². The number of pyridine rings is 1. The van der Waals surface area contributed by atoms with Gasteiger partial charge in [-0.15, -0.1) is 11.8 Å². The Labute approximate surface area is 133 Å². The number of hydrogen-bond donors (Lipinski definition) is 0. The van der Waals surface area contributed by atoms with E-state index in [1.165, 1.54) is 68.5 Å². The summed E-state index contributed by atoms with van der Waals surface area (Å²) in [5, 5.41) is 2.03. The van der Waals surface area contributed by atoms with Gasteiger partial charge in [-0.1, -0.05) is 38.7 Å². The fraction of sp³-hybridized carbons (Fsp3) is 0.722. The van der Waals surface area contributed by atoms with E-state index >= 15 is 0 Å². The highest BCUT2D eigenvalue weighted by atomic mass is 32.2. The monoisotopic (exact) mass is 304 g/mol. The van der Waals surface area contributed by atoms with E-state index in [2.05, 4.69) is 30.2 Å². The number of rotatable bonds is 4. The Kier molecular flexibility index (Phi) is 5.59. The molecule has 1 saturated carbocycles. The average molecular weight is 305 g/mol. The predicted molar refractivity (Wildman–Crippen MR) is 90.8 cm³/mol. The van der Waals surface area contributed by atoms with Crippen LogP contribution in [-0.2, 0) is 0 Å². The van der Waals surface area contributed by atoms with Crippen LogP contribution in [0.5, 0.6) is 0 Å². The molecule has 3 rings (SSSR count). The molecule has 1 atom stereocenters. The van der Waals surface area contributed by atoms with Gasteiger partial charge in [0.1, 0.15) is 0 Å². The second-order valence-corrected chi connectivity index (χ2v) is 7.77. The van der Waals surface area contributed by atoms with E-state index in [4.69, 9.17) is 4.98 Å². The molecule has 0 unspecified atom stereocenters. The molecule has 2 nitrogen and oxygen atoms in total. The van der Waals surface area contributed by atoms with Gasteiger partial charge in [-0.2, -0.15) is 0 Å². The van der Waals surface area contributed by atoms with Crippen LogP contribution in [0.1, 0.15) is 69.9 Å². The summed E-state index contributed by atoms with van der Waals surface area (Å²) in [7, 11) is 0. The van der Waals surface area contributed by atoms with Crippen molar-refractivity contribution < 1.29 is 0 Å². The maximum absolute atomic E-state index is 4.75. The molecule has 0 N–H and O–H groups in total. The summed E-state index contributed by atoms with van der Waals surface area (Å²) in [5.74, 6) is 0. The molecular weight excluding hydrogens is 276 g/mol. The van der Waals surface area contributed by atoms with E-state index in [9.17, 15) is 0 Å². The second-order valence-electron chi connectivity index (χ2n) is 6.45. The van der Waals surface area contributed by atoms with Gasteiger partial charge in [0.15, 0.2) is 0 Å². The van der Waals surface area contributed by atoms with E-state index in [0.717, 1.165) is 11.8 Å². The van der Waals surface area contributed by atoms with Gasteiger partial charge >= 0.3 is 0 Å². The molecule has 1 aromatic heterocycles. The fourth-order valence-electron chi connectivity index (χ4n) is 3.76. The van der Waals surface area contributed by atoms with Crippen molar-refractivity contribution in [3.8, 4) is 0 Å². The summed E-state index contributed by atoms with van der Waals surface area (Å²) in [5.41, 5.74) is 1.42. The van der Waals surface area contributed by atoms with Crippen molar-refractivity contribution in [3.05, 3.63) is 23.9 Å². The third-order valence-electron chi connectivity index (χ3n) is 5.00. The van der Waals surface area contributed by atoms with Crippen LogP contribution in [0.2, 0.25) is 0 Å². The van der Waals surface area contributed by atoms with Gasteiger partial charge in [0, 0.05) is 17.5 Å². The summed E-state index contributed by atoms with van der Waals surface area (Å²) in [4.78, 5) is 7.36. The summed E-state index contributed by atoms with van der Waals surface area (Å²) in [6.45, 7) is 4.68. The minimum Gasteiger partial charge on any atom is -0.297 e. The minimum absolute atomic E-state index is 0.602. The quantitative estimate of drug-likeness (QED) is 0.774. The third-order valence-corrected chi connectivity index (χ3v) is 6.29. The van der Waals surface area contributed by atoms with Crippen LogP contribution in [0.25, 0.3) is 0 Å². The Morgan fingerprint density at radius 1 is 1.10 bits per heavy atom. The molecule has 1 aliphatic carbocycles. The number of likely N-dealkylation sites (tertiary alicyclic amines) is 1. The lowest BCUT2D eigenvalue weighted by Gasteiger charge is -2.35. The van der Waals surface area contributed by atoms with Gasteiger partial charge in [-0.25, -0.2) is 4.98 Å². The van der Waals surface area contributed by atoms with Crippen LogP contribution in [0.3, 0.4) is 0 Å². The van der Waals surface area contributed by atoms with Crippen molar-refractivity contribution in [1.82, 2.24) is 9.88 Å². The summed E-state index contributed by atoms with van der Waals surface area (Å²) in [6.07, 6.45) is 13.1. The lowest BCUT2D eigenvalue weighted by atomic mass is 9.96. The Morgan fingerprint density at radius 2 is 1.90 bits per heavy atom. The van der Waals surface area contributed by atoms with Crippen LogP contribution >= 0.6 is 11.8 Å². The third kappa shape index (κ3) is 4.01. The number of hydrogen-bond acceptors (Lipinski definition) is 3. The maximum atomic E-state index is 4.75. The van der Waals surface area contributed by atoms with Crippen molar-refractivity contribution in [2.45, 2.75) is 74.6 Å². The first kappa shape index (κ1) is 15.4. The van der Waals surface area contributed by atoms with Crippen LogP contribution in [0, 0.1) is 0 Å². The number of thioether (sulfide) groups is 1. The first-order valence-electron chi connectivity index (χ1n) is 8.73. The van der Waals surface area contributed by atoms with Crippen molar-refractivity contribution in [2.24, 2.45) is 0 Å². The molecule has 1 aliphatic heterocycles. The van der Waals surface area contributed by atoms with E-state index in [-0.39, 0.29) is 0 Å². The number of piperidine rings is 1. The molecular formula is C18H28N2S. The molecule has 0 radical (unpaired) electrons. The molecule has 116 valence electrons. The normalized spacial score (nSPS) is 25.1. The van der Waals surface area contributed by atoms with E-state index < -0.39 is 0 Å². The lowest BCUT2D eigenvalue weighted by Crippen LogP contribution is -2.33. The highest BCUT2D eigenvalue weighted by Gasteiger charge is 2.23. The van der Waals surface area contributed by atoms with Gasteiger partial charge in [0.25, 0.3) is 0 Å². The van der Waals surface area contributed by atoms with E-state index in [0.29, 0.717) is 6.04 Å². The zero-order valence-electron chi connectivity index (χ0n) is 13.3. The standard InChI is InChI=1S/C18H28N2S/c1-2-20-13-7-6-10-17(20)15-11-12-18(19-14-15)21-16-8-4-3-5-9-16/h11-12,14,16-17H,2-10,13H2,1H3/t17-/m1/s1. The SMILES string of the molecule is CCN1CCCC[C@@H]1c1ccc(SC2CCCCC2)nc1.